The molecular weight excluding hydrogens is 408 g/mol. The van der Waals surface area contributed by atoms with Crippen LogP contribution >= 0.6 is 0 Å². The number of unbranched alkanes of at least 4 members (excludes halogenated alkanes) is 8. The summed E-state index contributed by atoms with van der Waals surface area (Å²) >= 11 is 0. The van der Waals surface area contributed by atoms with Gasteiger partial charge in [0.1, 0.15) is 23.4 Å². The standard InChI is InChI=1S/C26H54O6/c1-5-9-13-17-21(27)25(31,19-15-11-7-3)23(29)24(30)26(32,20-16-12-8-4)22(28)18-14-10-6-2/h21-24,27-32H,5-20H2,1-4H3/t21?,22?,23-,24-,25+,26+/m0/s1. The Morgan fingerprint density at radius 3 is 1.03 bits per heavy atom. The predicted molar refractivity (Wildman–Crippen MR) is 130 cm³/mol. The molecule has 0 bridgehead atoms. The van der Waals surface area contributed by atoms with Crippen LogP contribution in [0.1, 0.15) is 130 Å². The molecule has 6 N–H and O–H groups in total. The maximum absolute atomic E-state index is 11.4. The van der Waals surface area contributed by atoms with Crippen LogP contribution in [0.15, 0.2) is 0 Å². The summed E-state index contributed by atoms with van der Waals surface area (Å²) in [6.45, 7) is 8.16. The average Bonchev–Trinajstić information content (AvgIpc) is 2.78. The minimum Gasteiger partial charge on any atom is -0.390 e. The molecule has 0 aliphatic rings. The van der Waals surface area contributed by atoms with Crippen LogP contribution < -0.4 is 0 Å². The maximum Gasteiger partial charge on any atom is 0.119 e. The van der Waals surface area contributed by atoms with Gasteiger partial charge in [0.2, 0.25) is 0 Å². The van der Waals surface area contributed by atoms with Crippen LogP contribution in [-0.2, 0) is 0 Å². The molecule has 0 heterocycles. The van der Waals surface area contributed by atoms with Crippen LogP contribution in [0.5, 0.6) is 0 Å². The fraction of sp³-hybridized carbons (Fsp3) is 1.00. The van der Waals surface area contributed by atoms with Gasteiger partial charge in [0.15, 0.2) is 0 Å². The van der Waals surface area contributed by atoms with E-state index in [1.807, 2.05) is 13.8 Å². The number of hydrogen-bond acceptors (Lipinski definition) is 6. The first-order valence-corrected chi connectivity index (χ1v) is 13.3. The molecule has 6 nitrogen and oxygen atoms in total. The van der Waals surface area contributed by atoms with Crippen molar-refractivity contribution >= 4 is 0 Å². The number of aliphatic hydroxyl groups is 6. The summed E-state index contributed by atoms with van der Waals surface area (Å²) in [6.07, 6.45) is 4.74. The third kappa shape index (κ3) is 9.94. The lowest BCUT2D eigenvalue weighted by Gasteiger charge is -2.46. The van der Waals surface area contributed by atoms with E-state index in [-0.39, 0.29) is 12.8 Å². The fourth-order valence-corrected chi connectivity index (χ4v) is 4.56. The van der Waals surface area contributed by atoms with Crippen molar-refractivity contribution in [2.75, 3.05) is 0 Å². The van der Waals surface area contributed by atoms with Gasteiger partial charge in [-0.25, -0.2) is 0 Å². The van der Waals surface area contributed by atoms with Crippen molar-refractivity contribution in [2.45, 2.75) is 166 Å². The topological polar surface area (TPSA) is 121 Å². The minimum absolute atomic E-state index is 0.128. The molecule has 32 heavy (non-hydrogen) atoms. The Kier molecular flexibility index (Phi) is 17.1. The van der Waals surface area contributed by atoms with Crippen LogP contribution in [0.4, 0.5) is 0 Å². The number of hydrogen-bond donors (Lipinski definition) is 6. The molecule has 0 amide bonds. The first kappa shape index (κ1) is 31.8. The van der Waals surface area contributed by atoms with Crippen molar-refractivity contribution in [3.8, 4) is 0 Å². The van der Waals surface area contributed by atoms with Gasteiger partial charge in [-0.05, 0) is 25.7 Å². The summed E-state index contributed by atoms with van der Waals surface area (Å²) in [4.78, 5) is 0. The van der Waals surface area contributed by atoms with Crippen LogP contribution in [0.25, 0.3) is 0 Å². The predicted octanol–water partition coefficient (Wildman–Crippen LogP) is 4.21. The first-order chi connectivity index (χ1) is 15.1. The summed E-state index contributed by atoms with van der Waals surface area (Å²) in [5.41, 5.74) is -3.88. The molecule has 6 heteroatoms. The van der Waals surface area contributed by atoms with Crippen LogP contribution in [0, 0.1) is 0 Å². The third-order valence-electron chi connectivity index (χ3n) is 7.00. The molecule has 0 rings (SSSR count). The van der Waals surface area contributed by atoms with Crippen molar-refractivity contribution in [3.63, 3.8) is 0 Å². The number of aliphatic hydroxyl groups excluding tert-OH is 4. The summed E-state index contributed by atoms with van der Waals surface area (Å²) in [5, 5.41) is 66.8. The average molecular weight is 463 g/mol. The molecule has 2 unspecified atom stereocenters. The second-order valence-corrected chi connectivity index (χ2v) is 9.81. The van der Waals surface area contributed by atoms with E-state index in [1.54, 1.807) is 0 Å². The van der Waals surface area contributed by atoms with Gasteiger partial charge in [-0.2, -0.15) is 0 Å². The Bertz CT molecular complexity index is 408. The highest BCUT2D eigenvalue weighted by molar-refractivity contribution is 5.05. The molecule has 0 aliphatic heterocycles. The molecule has 0 saturated heterocycles. The van der Waals surface area contributed by atoms with Crippen molar-refractivity contribution in [3.05, 3.63) is 0 Å². The van der Waals surface area contributed by atoms with Gasteiger partial charge in [0.05, 0.1) is 12.2 Å². The van der Waals surface area contributed by atoms with Crippen molar-refractivity contribution < 1.29 is 30.6 Å². The maximum atomic E-state index is 11.4. The molecule has 194 valence electrons. The zero-order chi connectivity index (χ0) is 24.6. The zero-order valence-corrected chi connectivity index (χ0v) is 21.3. The van der Waals surface area contributed by atoms with Crippen LogP contribution in [0.2, 0.25) is 0 Å². The van der Waals surface area contributed by atoms with Crippen molar-refractivity contribution in [1.29, 1.82) is 0 Å². The third-order valence-corrected chi connectivity index (χ3v) is 7.00. The first-order valence-electron chi connectivity index (χ1n) is 13.3. The largest absolute Gasteiger partial charge is 0.390 e. The molecule has 0 aromatic rings. The molecule has 6 atom stereocenters. The molecule has 0 radical (unpaired) electrons. The lowest BCUT2D eigenvalue weighted by Crippen LogP contribution is -2.65. The van der Waals surface area contributed by atoms with Gasteiger partial charge in [0, 0.05) is 0 Å². The SMILES string of the molecule is CCCCCC(O)[C@](O)(CCCCC)[C@@H](O)[C@H](O)[C@@](O)(CCCCC)C(O)CCCCC. The normalized spacial score (nSPS) is 19.7. The van der Waals surface area contributed by atoms with Crippen molar-refractivity contribution in [2.24, 2.45) is 0 Å². The molecule has 0 aliphatic carbocycles. The second-order valence-electron chi connectivity index (χ2n) is 9.81. The van der Waals surface area contributed by atoms with E-state index in [1.165, 1.54) is 0 Å². The highest BCUT2D eigenvalue weighted by atomic mass is 16.4. The van der Waals surface area contributed by atoms with Crippen molar-refractivity contribution in [1.82, 2.24) is 0 Å². The smallest absolute Gasteiger partial charge is 0.119 e. The van der Waals surface area contributed by atoms with Gasteiger partial charge < -0.3 is 30.6 Å². The quantitative estimate of drug-likeness (QED) is 0.142. The Labute approximate surface area is 197 Å². The molecule has 0 spiro atoms. The fourth-order valence-electron chi connectivity index (χ4n) is 4.56. The molecule has 0 fully saturated rings. The van der Waals surface area contributed by atoms with E-state index in [0.717, 1.165) is 51.4 Å². The zero-order valence-electron chi connectivity index (χ0n) is 21.3. The molecule has 0 aromatic heterocycles. The van der Waals surface area contributed by atoms with Crippen LogP contribution in [-0.4, -0.2) is 66.3 Å². The van der Waals surface area contributed by atoms with Gasteiger partial charge in [0.25, 0.3) is 0 Å². The van der Waals surface area contributed by atoms with Gasteiger partial charge in [-0.1, -0.05) is 105 Å². The summed E-state index contributed by atoms with van der Waals surface area (Å²) < 4.78 is 0. The Morgan fingerprint density at radius 2 is 0.750 bits per heavy atom. The van der Waals surface area contributed by atoms with Gasteiger partial charge >= 0.3 is 0 Å². The van der Waals surface area contributed by atoms with Gasteiger partial charge in [-0.15, -0.1) is 0 Å². The summed E-state index contributed by atoms with van der Waals surface area (Å²) in [5.74, 6) is 0. The van der Waals surface area contributed by atoms with Crippen LogP contribution in [0.3, 0.4) is 0 Å². The Hall–Kier alpha value is -0.240. The molecular formula is C26H54O6. The highest BCUT2D eigenvalue weighted by Gasteiger charge is 2.53. The Balaban J connectivity index is 5.73. The Morgan fingerprint density at radius 1 is 0.469 bits per heavy atom. The van der Waals surface area contributed by atoms with E-state index in [9.17, 15) is 30.6 Å². The van der Waals surface area contributed by atoms with E-state index in [0.29, 0.717) is 38.5 Å². The monoisotopic (exact) mass is 462 g/mol. The van der Waals surface area contributed by atoms with E-state index < -0.39 is 35.6 Å². The van der Waals surface area contributed by atoms with E-state index in [2.05, 4.69) is 13.8 Å². The lowest BCUT2D eigenvalue weighted by molar-refractivity contribution is -0.238. The second kappa shape index (κ2) is 17.2. The lowest BCUT2D eigenvalue weighted by atomic mass is 9.73. The minimum atomic E-state index is -1.94. The van der Waals surface area contributed by atoms with Gasteiger partial charge in [-0.3, -0.25) is 0 Å². The van der Waals surface area contributed by atoms with E-state index >= 15 is 0 Å². The molecule has 0 saturated carbocycles. The molecule has 0 aromatic carbocycles. The highest BCUT2D eigenvalue weighted by Crippen LogP contribution is 2.35. The number of rotatable bonds is 21. The summed E-state index contributed by atoms with van der Waals surface area (Å²) in [6, 6.07) is 0. The summed E-state index contributed by atoms with van der Waals surface area (Å²) in [7, 11) is 0. The van der Waals surface area contributed by atoms with E-state index in [4.69, 9.17) is 0 Å².